The molecular weight excluding hydrogens is 384 g/mol. The van der Waals surface area contributed by atoms with Crippen molar-refractivity contribution >= 4 is 11.9 Å². The maximum absolute atomic E-state index is 9.92. The molecule has 3 aromatic rings. The van der Waals surface area contributed by atoms with Crippen molar-refractivity contribution < 1.29 is 5.11 Å². The van der Waals surface area contributed by atoms with Crippen LogP contribution in [0.5, 0.6) is 5.75 Å². The van der Waals surface area contributed by atoms with E-state index in [0.29, 0.717) is 5.56 Å². The normalized spacial score (nSPS) is 17.2. The molecule has 0 spiro atoms. The van der Waals surface area contributed by atoms with Crippen LogP contribution in [0.25, 0.3) is 22.3 Å². The molecule has 5 heteroatoms. The summed E-state index contributed by atoms with van der Waals surface area (Å²) >= 11 is 0. The zero-order valence-electron chi connectivity index (χ0n) is 18.2. The van der Waals surface area contributed by atoms with Crippen LogP contribution in [0.1, 0.15) is 36.1 Å². The standard InChI is InChI=1S/C26H26N4O/c1-15(2)26(28)29-14-19-11-23(22-10-18(13-27)6-5-16(22)3)24(12-25(19)30-26)21-8-7-20(31)9-17(21)4/h5-12,14-15,30-31H,28H2,1-4H3. The number of hydrogen-bond donors (Lipinski definition) is 3. The van der Waals surface area contributed by atoms with Gasteiger partial charge < -0.3 is 10.4 Å². The Morgan fingerprint density at radius 3 is 2.39 bits per heavy atom. The lowest BCUT2D eigenvalue weighted by atomic mass is 9.87. The quantitative estimate of drug-likeness (QED) is 0.544. The fraction of sp³-hybridized carbons (Fsp3) is 0.231. The van der Waals surface area contributed by atoms with Crippen molar-refractivity contribution in [3.63, 3.8) is 0 Å². The van der Waals surface area contributed by atoms with Gasteiger partial charge in [0.25, 0.3) is 0 Å². The number of nitrogens with zero attached hydrogens (tertiary/aromatic N) is 2. The van der Waals surface area contributed by atoms with Crippen LogP contribution in [0.4, 0.5) is 5.69 Å². The zero-order valence-corrected chi connectivity index (χ0v) is 18.2. The summed E-state index contributed by atoms with van der Waals surface area (Å²) in [6.07, 6.45) is 1.83. The Kier molecular flexibility index (Phi) is 5.04. The van der Waals surface area contributed by atoms with E-state index in [1.807, 2.05) is 58.2 Å². The van der Waals surface area contributed by atoms with Gasteiger partial charge in [0.05, 0.1) is 11.6 Å². The molecule has 0 aliphatic carbocycles. The molecule has 31 heavy (non-hydrogen) atoms. The fourth-order valence-electron chi connectivity index (χ4n) is 3.93. The van der Waals surface area contributed by atoms with E-state index in [-0.39, 0.29) is 11.7 Å². The highest BCUT2D eigenvalue weighted by Crippen LogP contribution is 2.41. The average Bonchev–Trinajstić information content (AvgIpc) is 2.73. The van der Waals surface area contributed by atoms with E-state index in [1.54, 1.807) is 12.1 Å². The molecule has 4 rings (SSSR count). The van der Waals surface area contributed by atoms with Gasteiger partial charge in [0.15, 0.2) is 5.79 Å². The van der Waals surface area contributed by atoms with Crippen LogP contribution in [-0.2, 0) is 0 Å². The number of hydrogen-bond acceptors (Lipinski definition) is 5. The first-order valence-electron chi connectivity index (χ1n) is 10.3. The van der Waals surface area contributed by atoms with E-state index in [0.717, 1.165) is 44.6 Å². The van der Waals surface area contributed by atoms with Crippen LogP contribution < -0.4 is 11.1 Å². The van der Waals surface area contributed by atoms with Gasteiger partial charge in [0, 0.05) is 23.4 Å². The van der Waals surface area contributed by atoms with Crippen molar-refractivity contribution in [2.24, 2.45) is 16.6 Å². The van der Waals surface area contributed by atoms with E-state index in [9.17, 15) is 10.4 Å². The molecular formula is C26H26N4O. The van der Waals surface area contributed by atoms with E-state index in [4.69, 9.17) is 5.73 Å². The number of fused-ring (bicyclic) bond motifs is 1. The Bertz CT molecular complexity index is 1250. The number of anilines is 1. The molecule has 3 aromatic carbocycles. The molecule has 0 saturated heterocycles. The van der Waals surface area contributed by atoms with Gasteiger partial charge in [0.2, 0.25) is 0 Å². The highest BCUT2D eigenvalue weighted by molar-refractivity contribution is 5.98. The average molecular weight is 411 g/mol. The number of nitrogens with one attached hydrogen (secondary N) is 1. The monoisotopic (exact) mass is 410 g/mol. The molecule has 0 radical (unpaired) electrons. The third-order valence-corrected chi connectivity index (χ3v) is 5.98. The number of aliphatic imine (C=N–C) groups is 1. The third-order valence-electron chi connectivity index (χ3n) is 5.98. The first-order chi connectivity index (χ1) is 14.7. The first-order valence-corrected chi connectivity index (χ1v) is 10.3. The van der Waals surface area contributed by atoms with Crippen LogP contribution in [-0.4, -0.2) is 17.1 Å². The molecule has 0 saturated carbocycles. The maximum Gasteiger partial charge on any atom is 0.184 e. The minimum absolute atomic E-state index is 0.102. The van der Waals surface area contributed by atoms with E-state index < -0.39 is 5.79 Å². The lowest BCUT2D eigenvalue weighted by Crippen LogP contribution is -2.52. The second kappa shape index (κ2) is 7.57. The van der Waals surface area contributed by atoms with Crippen molar-refractivity contribution in [1.82, 2.24) is 0 Å². The van der Waals surface area contributed by atoms with E-state index in [2.05, 4.69) is 28.5 Å². The molecule has 0 bridgehead atoms. The Morgan fingerprint density at radius 1 is 0.968 bits per heavy atom. The molecule has 1 aliphatic rings. The highest BCUT2D eigenvalue weighted by Gasteiger charge is 2.31. The number of phenols is 1. The minimum atomic E-state index is -0.869. The predicted octanol–water partition coefficient (Wildman–Crippen LogP) is 5.33. The molecule has 0 fully saturated rings. The van der Waals surface area contributed by atoms with Gasteiger partial charge in [0.1, 0.15) is 5.75 Å². The summed E-state index contributed by atoms with van der Waals surface area (Å²) in [6, 6.07) is 17.5. The van der Waals surface area contributed by atoms with Gasteiger partial charge in [-0.2, -0.15) is 5.26 Å². The molecule has 1 unspecified atom stereocenters. The van der Waals surface area contributed by atoms with Gasteiger partial charge in [-0.25, -0.2) is 4.99 Å². The molecule has 1 heterocycles. The van der Waals surface area contributed by atoms with E-state index in [1.165, 1.54) is 0 Å². The largest absolute Gasteiger partial charge is 0.508 e. The predicted molar refractivity (Wildman–Crippen MR) is 126 cm³/mol. The highest BCUT2D eigenvalue weighted by atomic mass is 16.3. The topological polar surface area (TPSA) is 94.4 Å². The lowest BCUT2D eigenvalue weighted by Gasteiger charge is -2.35. The van der Waals surface area contributed by atoms with Gasteiger partial charge in [-0.05, 0) is 83.6 Å². The maximum atomic E-state index is 9.92. The zero-order chi connectivity index (χ0) is 22.3. The van der Waals surface area contributed by atoms with Gasteiger partial charge in [-0.1, -0.05) is 26.0 Å². The number of aryl methyl sites for hydroxylation is 2. The van der Waals surface area contributed by atoms with Crippen LogP contribution in [0, 0.1) is 31.1 Å². The Morgan fingerprint density at radius 2 is 1.71 bits per heavy atom. The summed E-state index contributed by atoms with van der Waals surface area (Å²) in [7, 11) is 0. The number of nitrogens with two attached hydrogens (primary N) is 1. The van der Waals surface area contributed by atoms with Crippen LogP contribution in [0.3, 0.4) is 0 Å². The molecule has 1 aliphatic heterocycles. The van der Waals surface area contributed by atoms with Crippen molar-refractivity contribution in [2.45, 2.75) is 33.5 Å². The Balaban J connectivity index is 2.01. The Hall–Kier alpha value is -3.62. The van der Waals surface area contributed by atoms with Gasteiger partial charge in [-0.15, -0.1) is 0 Å². The number of phenolic OH excluding ortho intramolecular Hbond substituents is 1. The summed E-state index contributed by atoms with van der Waals surface area (Å²) in [5, 5.41) is 22.8. The molecule has 0 amide bonds. The Labute approximate surface area is 182 Å². The molecule has 156 valence electrons. The van der Waals surface area contributed by atoms with Crippen LogP contribution >= 0.6 is 0 Å². The summed E-state index contributed by atoms with van der Waals surface area (Å²) in [5.74, 6) is -0.536. The third kappa shape index (κ3) is 3.67. The molecule has 5 nitrogen and oxygen atoms in total. The SMILES string of the molecule is Cc1cc(O)ccc1-c1cc2c(cc1-c1cc(C#N)ccc1C)C=NC(N)(C(C)C)N2. The second-order valence-corrected chi connectivity index (χ2v) is 8.49. The van der Waals surface area contributed by atoms with Crippen LogP contribution in [0.15, 0.2) is 53.5 Å². The first kappa shape index (κ1) is 20.6. The number of aromatic hydroxyl groups is 1. The summed E-state index contributed by atoms with van der Waals surface area (Å²) in [6.45, 7) is 8.09. The minimum Gasteiger partial charge on any atom is -0.508 e. The lowest BCUT2D eigenvalue weighted by molar-refractivity contribution is 0.368. The smallest absolute Gasteiger partial charge is 0.184 e. The summed E-state index contributed by atoms with van der Waals surface area (Å²) < 4.78 is 0. The van der Waals surface area contributed by atoms with Crippen molar-refractivity contribution in [3.8, 4) is 34.1 Å². The summed E-state index contributed by atoms with van der Waals surface area (Å²) in [4.78, 5) is 4.58. The number of nitriles is 1. The van der Waals surface area contributed by atoms with Gasteiger partial charge >= 0.3 is 0 Å². The van der Waals surface area contributed by atoms with Crippen molar-refractivity contribution in [2.75, 3.05) is 5.32 Å². The van der Waals surface area contributed by atoms with E-state index >= 15 is 0 Å². The fourth-order valence-corrected chi connectivity index (χ4v) is 3.93. The summed E-state index contributed by atoms with van der Waals surface area (Å²) in [5.41, 5.74) is 15.0. The second-order valence-electron chi connectivity index (χ2n) is 8.49. The van der Waals surface area contributed by atoms with Crippen LogP contribution in [0.2, 0.25) is 0 Å². The van der Waals surface area contributed by atoms with Gasteiger partial charge in [-0.3, -0.25) is 5.73 Å². The molecule has 1 atom stereocenters. The number of rotatable bonds is 3. The van der Waals surface area contributed by atoms with Crippen molar-refractivity contribution in [1.29, 1.82) is 5.26 Å². The van der Waals surface area contributed by atoms with Crippen molar-refractivity contribution in [3.05, 3.63) is 70.8 Å². The molecule has 0 aromatic heterocycles. The number of benzene rings is 3. The molecule has 4 N–H and O–H groups in total.